The highest BCUT2D eigenvalue weighted by Crippen LogP contribution is 2.22. The van der Waals surface area contributed by atoms with Crippen LogP contribution >= 0.6 is 0 Å². The second kappa shape index (κ2) is 5.16. The van der Waals surface area contributed by atoms with Gasteiger partial charge in [0.15, 0.2) is 17.5 Å². The first-order valence-corrected chi connectivity index (χ1v) is 5.90. The number of nitrogens with two attached hydrogens (primary N) is 1. The number of aromatic nitrogens is 4. The van der Waals surface area contributed by atoms with Crippen LogP contribution in [-0.4, -0.2) is 19.7 Å². The van der Waals surface area contributed by atoms with Gasteiger partial charge in [0.2, 0.25) is 0 Å². The molecule has 0 saturated carbocycles. The van der Waals surface area contributed by atoms with Crippen molar-refractivity contribution < 1.29 is 13.5 Å². The Morgan fingerprint density at radius 1 is 1.10 bits per heavy atom. The van der Waals surface area contributed by atoms with Crippen LogP contribution in [0.4, 0.5) is 14.6 Å². The summed E-state index contributed by atoms with van der Waals surface area (Å²) in [7, 11) is 0. The van der Waals surface area contributed by atoms with Gasteiger partial charge in [-0.15, -0.1) is 5.10 Å². The summed E-state index contributed by atoms with van der Waals surface area (Å²) in [5, 5.41) is 4.01. The van der Waals surface area contributed by atoms with E-state index in [9.17, 15) is 8.78 Å². The number of nitrogens with zero attached hydrogens (tertiary/aromatic N) is 4. The molecule has 0 atom stereocenters. The first kappa shape index (κ1) is 13.0. The van der Waals surface area contributed by atoms with Crippen molar-refractivity contribution in [3.8, 4) is 17.6 Å². The number of para-hydroxylation sites is 1. The number of nitrogen functional groups attached to an aromatic ring is 1. The van der Waals surface area contributed by atoms with Crippen molar-refractivity contribution in [2.24, 2.45) is 0 Å². The van der Waals surface area contributed by atoms with E-state index in [1.807, 2.05) is 30.3 Å². The standard InChI is InChI=1S/C13H9F2N5O/c14-9-6-10(15)12(18-11(9)16)21-13-17-7-20(19-13)8-4-2-1-3-5-8/h1-7H,(H2,16,18). The van der Waals surface area contributed by atoms with E-state index in [2.05, 4.69) is 15.1 Å². The van der Waals surface area contributed by atoms with Crippen LogP contribution in [0.1, 0.15) is 0 Å². The minimum Gasteiger partial charge on any atom is -0.401 e. The van der Waals surface area contributed by atoms with E-state index in [1.165, 1.54) is 11.0 Å². The van der Waals surface area contributed by atoms with Crippen molar-refractivity contribution >= 4 is 5.82 Å². The Morgan fingerprint density at radius 3 is 2.62 bits per heavy atom. The summed E-state index contributed by atoms with van der Waals surface area (Å²) in [5.41, 5.74) is 6.02. The normalized spacial score (nSPS) is 10.6. The molecule has 106 valence electrons. The van der Waals surface area contributed by atoms with Gasteiger partial charge in [-0.1, -0.05) is 18.2 Å². The van der Waals surface area contributed by atoms with E-state index in [0.717, 1.165) is 5.69 Å². The van der Waals surface area contributed by atoms with Crippen molar-refractivity contribution in [1.82, 2.24) is 19.7 Å². The van der Waals surface area contributed by atoms with Crippen molar-refractivity contribution in [2.75, 3.05) is 5.73 Å². The SMILES string of the molecule is Nc1nc(Oc2ncn(-c3ccccc3)n2)c(F)cc1F. The average Bonchev–Trinajstić information content (AvgIpc) is 2.94. The van der Waals surface area contributed by atoms with E-state index >= 15 is 0 Å². The number of hydrogen-bond donors (Lipinski definition) is 1. The highest BCUT2D eigenvalue weighted by molar-refractivity contribution is 5.35. The number of halogens is 2. The molecule has 3 rings (SSSR count). The lowest BCUT2D eigenvalue weighted by atomic mass is 10.3. The van der Waals surface area contributed by atoms with Gasteiger partial charge >= 0.3 is 6.01 Å². The summed E-state index contributed by atoms with van der Waals surface area (Å²) < 4.78 is 33.0. The van der Waals surface area contributed by atoms with Crippen molar-refractivity contribution in [3.05, 3.63) is 54.4 Å². The van der Waals surface area contributed by atoms with E-state index < -0.39 is 23.3 Å². The fourth-order valence-electron chi connectivity index (χ4n) is 1.62. The fourth-order valence-corrected chi connectivity index (χ4v) is 1.62. The van der Waals surface area contributed by atoms with Gasteiger partial charge in [0, 0.05) is 6.07 Å². The van der Waals surface area contributed by atoms with Crippen LogP contribution in [0.5, 0.6) is 11.9 Å². The summed E-state index contributed by atoms with van der Waals surface area (Å²) in [6.07, 6.45) is 1.40. The number of rotatable bonds is 3. The zero-order chi connectivity index (χ0) is 14.8. The van der Waals surface area contributed by atoms with Crippen LogP contribution in [0.2, 0.25) is 0 Å². The van der Waals surface area contributed by atoms with Gasteiger partial charge < -0.3 is 10.5 Å². The summed E-state index contributed by atoms with van der Waals surface area (Å²) in [6.45, 7) is 0. The first-order valence-electron chi connectivity index (χ1n) is 5.90. The first-order chi connectivity index (χ1) is 10.1. The molecule has 1 aromatic carbocycles. The van der Waals surface area contributed by atoms with Crippen LogP contribution in [0.15, 0.2) is 42.7 Å². The van der Waals surface area contributed by atoms with E-state index in [0.29, 0.717) is 6.07 Å². The molecule has 21 heavy (non-hydrogen) atoms. The fraction of sp³-hybridized carbons (Fsp3) is 0. The Bertz CT molecular complexity index is 775. The third-order valence-corrected chi connectivity index (χ3v) is 2.60. The lowest BCUT2D eigenvalue weighted by molar-refractivity contribution is 0.390. The molecule has 0 aliphatic heterocycles. The maximum absolute atomic E-state index is 13.5. The summed E-state index contributed by atoms with van der Waals surface area (Å²) >= 11 is 0. The Labute approximate surface area is 117 Å². The van der Waals surface area contributed by atoms with Gasteiger partial charge in [-0.3, -0.25) is 0 Å². The second-order valence-corrected chi connectivity index (χ2v) is 4.05. The zero-order valence-electron chi connectivity index (χ0n) is 10.6. The van der Waals surface area contributed by atoms with Gasteiger partial charge in [0.1, 0.15) is 6.33 Å². The number of pyridine rings is 1. The Kier molecular flexibility index (Phi) is 3.19. The van der Waals surface area contributed by atoms with E-state index in [1.54, 1.807) is 0 Å². The predicted octanol–water partition coefficient (Wildman–Crippen LogP) is 2.32. The molecule has 6 nitrogen and oxygen atoms in total. The quantitative estimate of drug-likeness (QED) is 0.800. The van der Waals surface area contributed by atoms with Crippen molar-refractivity contribution in [3.63, 3.8) is 0 Å². The monoisotopic (exact) mass is 289 g/mol. The van der Waals surface area contributed by atoms with Crippen LogP contribution in [0.25, 0.3) is 5.69 Å². The zero-order valence-corrected chi connectivity index (χ0v) is 10.6. The minimum absolute atomic E-state index is 0.128. The highest BCUT2D eigenvalue weighted by Gasteiger charge is 2.14. The van der Waals surface area contributed by atoms with E-state index in [-0.39, 0.29) is 6.01 Å². The largest absolute Gasteiger partial charge is 0.401 e. The molecular formula is C13H9F2N5O. The molecule has 0 unspecified atom stereocenters. The number of benzene rings is 1. The average molecular weight is 289 g/mol. The minimum atomic E-state index is -0.988. The summed E-state index contributed by atoms with van der Waals surface area (Å²) in [6, 6.07) is 9.61. The van der Waals surface area contributed by atoms with Crippen LogP contribution in [0, 0.1) is 11.6 Å². The molecule has 0 bridgehead atoms. The summed E-state index contributed by atoms with van der Waals surface area (Å²) in [5.74, 6) is -2.89. The molecule has 2 N–H and O–H groups in total. The topological polar surface area (TPSA) is 78.9 Å². The van der Waals surface area contributed by atoms with Crippen molar-refractivity contribution in [2.45, 2.75) is 0 Å². The molecule has 2 heterocycles. The molecule has 0 aliphatic rings. The molecule has 0 aliphatic carbocycles. The molecule has 3 aromatic rings. The van der Waals surface area contributed by atoms with Gasteiger partial charge in [-0.25, -0.2) is 13.5 Å². The maximum Gasteiger partial charge on any atom is 0.342 e. The van der Waals surface area contributed by atoms with Crippen molar-refractivity contribution in [1.29, 1.82) is 0 Å². The van der Waals surface area contributed by atoms with E-state index in [4.69, 9.17) is 10.5 Å². The third-order valence-electron chi connectivity index (χ3n) is 2.60. The number of anilines is 1. The van der Waals surface area contributed by atoms with Crippen LogP contribution in [0.3, 0.4) is 0 Å². The van der Waals surface area contributed by atoms with Gasteiger partial charge in [-0.05, 0) is 12.1 Å². The highest BCUT2D eigenvalue weighted by atomic mass is 19.1. The smallest absolute Gasteiger partial charge is 0.342 e. The van der Waals surface area contributed by atoms with Gasteiger partial charge in [-0.2, -0.15) is 9.97 Å². The Balaban J connectivity index is 1.87. The van der Waals surface area contributed by atoms with Crippen LogP contribution < -0.4 is 10.5 Å². The lowest BCUT2D eigenvalue weighted by Gasteiger charge is -2.03. The third kappa shape index (κ3) is 2.64. The predicted molar refractivity (Wildman–Crippen MR) is 70.0 cm³/mol. The molecule has 0 amide bonds. The molecule has 2 aromatic heterocycles. The number of ether oxygens (including phenoxy) is 1. The van der Waals surface area contributed by atoms with Crippen LogP contribution in [-0.2, 0) is 0 Å². The molecule has 0 radical (unpaired) electrons. The Morgan fingerprint density at radius 2 is 1.86 bits per heavy atom. The lowest BCUT2D eigenvalue weighted by Crippen LogP contribution is -2.01. The molecular weight excluding hydrogens is 280 g/mol. The van der Waals surface area contributed by atoms with Gasteiger partial charge in [0.05, 0.1) is 5.69 Å². The molecule has 0 saturated heterocycles. The molecule has 0 spiro atoms. The summed E-state index contributed by atoms with van der Waals surface area (Å²) in [4.78, 5) is 7.34. The van der Waals surface area contributed by atoms with Gasteiger partial charge in [0.25, 0.3) is 5.88 Å². The second-order valence-electron chi connectivity index (χ2n) is 4.05. The maximum atomic E-state index is 13.5. The molecule has 8 heteroatoms. The number of hydrogen-bond acceptors (Lipinski definition) is 5. The Hall–Kier alpha value is -3.03. The molecule has 0 fully saturated rings.